The van der Waals surface area contributed by atoms with E-state index < -0.39 is 6.10 Å². The predicted octanol–water partition coefficient (Wildman–Crippen LogP) is 0.305. The van der Waals surface area contributed by atoms with Gasteiger partial charge in [0.15, 0.2) is 5.78 Å². The molecule has 0 bridgehead atoms. The van der Waals surface area contributed by atoms with Crippen LogP contribution >= 0.6 is 0 Å². The van der Waals surface area contributed by atoms with Crippen LogP contribution in [0.25, 0.3) is 0 Å². The second-order valence-electron chi connectivity index (χ2n) is 2.22. The van der Waals surface area contributed by atoms with Gasteiger partial charge >= 0.3 is 0 Å². The Kier molecular flexibility index (Phi) is 4.76. The molecule has 0 aromatic rings. The fraction of sp³-hybridized carbons (Fsp3) is 0.714. The van der Waals surface area contributed by atoms with Crippen molar-refractivity contribution in [3.8, 4) is 0 Å². The third-order valence-electron chi connectivity index (χ3n) is 1.27. The quantitative estimate of drug-likeness (QED) is 0.446. The van der Waals surface area contributed by atoms with Gasteiger partial charge in [-0.2, -0.15) is 0 Å². The lowest BCUT2D eigenvalue weighted by Gasteiger charge is -2.02. The van der Waals surface area contributed by atoms with Gasteiger partial charge in [0.25, 0.3) is 0 Å². The van der Waals surface area contributed by atoms with Gasteiger partial charge in [-0.25, -0.2) is 0 Å². The molecule has 0 rings (SSSR count). The number of hydrogen-bond acceptors (Lipinski definition) is 3. The number of rotatable bonds is 5. The standard InChI is InChI=1S/C7H12O3/c1-6(9)7(10)4-2-3-5-8/h5,7,10H,2-4H2,1H3. The van der Waals surface area contributed by atoms with Crippen molar-refractivity contribution in [2.45, 2.75) is 32.3 Å². The first-order valence-electron chi connectivity index (χ1n) is 3.30. The first-order chi connectivity index (χ1) is 4.68. The van der Waals surface area contributed by atoms with Crippen molar-refractivity contribution in [2.75, 3.05) is 0 Å². The van der Waals surface area contributed by atoms with Crippen molar-refractivity contribution < 1.29 is 14.7 Å². The number of carbonyl (C=O) groups is 2. The van der Waals surface area contributed by atoms with Crippen LogP contribution in [0.3, 0.4) is 0 Å². The second kappa shape index (κ2) is 5.11. The Balaban J connectivity index is 3.30. The van der Waals surface area contributed by atoms with Gasteiger partial charge in [0.05, 0.1) is 0 Å². The summed E-state index contributed by atoms with van der Waals surface area (Å²) in [6.45, 7) is 1.34. The number of carbonyl (C=O) groups excluding carboxylic acids is 2. The zero-order valence-electron chi connectivity index (χ0n) is 6.04. The van der Waals surface area contributed by atoms with Crippen molar-refractivity contribution >= 4 is 12.1 Å². The summed E-state index contributed by atoms with van der Waals surface area (Å²) < 4.78 is 0. The number of aldehydes is 1. The summed E-state index contributed by atoms with van der Waals surface area (Å²) in [5, 5.41) is 8.89. The molecule has 0 heterocycles. The Morgan fingerprint density at radius 1 is 1.70 bits per heavy atom. The molecule has 0 aliphatic carbocycles. The molecule has 3 heteroatoms. The summed E-state index contributed by atoms with van der Waals surface area (Å²) in [7, 11) is 0. The molecule has 1 unspecified atom stereocenters. The Hall–Kier alpha value is -0.700. The fourth-order valence-electron chi connectivity index (χ4n) is 0.598. The van der Waals surface area contributed by atoms with Gasteiger partial charge < -0.3 is 9.90 Å². The summed E-state index contributed by atoms with van der Waals surface area (Å²) in [6.07, 6.45) is 1.31. The number of ketones is 1. The SMILES string of the molecule is CC(=O)C(O)CCCC=O. The van der Waals surface area contributed by atoms with Gasteiger partial charge in [-0.1, -0.05) is 0 Å². The molecule has 0 amide bonds. The van der Waals surface area contributed by atoms with E-state index >= 15 is 0 Å². The van der Waals surface area contributed by atoms with Crippen LogP contribution in [0, 0.1) is 0 Å². The normalized spacial score (nSPS) is 12.6. The highest BCUT2D eigenvalue weighted by atomic mass is 16.3. The van der Waals surface area contributed by atoms with Crippen molar-refractivity contribution in [1.82, 2.24) is 0 Å². The van der Waals surface area contributed by atoms with E-state index in [4.69, 9.17) is 5.11 Å². The Labute approximate surface area is 60.0 Å². The molecule has 0 radical (unpaired) electrons. The molecule has 10 heavy (non-hydrogen) atoms. The molecule has 0 aliphatic rings. The van der Waals surface area contributed by atoms with E-state index in [1.54, 1.807) is 0 Å². The molecule has 0 saturated heterocycles. The number of hydrogen-bond donors (Lipinski definition) is 1. The highest BCUT2D eigenvalue weighted by Crippen LogP contribution is 1.99. The second-order valence-corrected chi connectivity index (χ2v) is 2.22. The maximum Gasteiger partial charge on any atom is 0.158 e. The third kappa shape index (κ3) is 4.21. The summed E-state index contributed by atoms with van der Waals surface area (Å²) in [6, 6.07) is 0. The van der Waals surface area contributed by atoms with Crippen LogP contribution in [0.4, 0.5) is 0 Å². The lowest BCUT2D eigenvalue weighted by molar-refractivity contribution is -0.125. The van der Waals surface area contributed by atoms with E-state index in [0.29, 0.717) is 19.3 Å². The fourth-order valence-corrected chi connectivity index (χ4v) is 0.598. The highest BCUT2D eigenvalue weighted by molar-refractivity contribution is 5.80. The average molecular weight is 144 g/mol. The molecule has 0 aliphatic heterocycles. The summed E-state index contributed by atoms with van der Waals surface area (Å²) in [4.78, 5) is 20.2. The molecule has 58 valence electrons. The molecule has 0 saturated carbocycles. The molecular formula is C7H12O3. The number of unbranched alkanes of at least 4 members (excludes halogenated alkanes) is 1. The first kappa shape index (κ1) is 9.30. The van der Waals surface area contributed by atoms with Crippen molar-refractivity contribution in [2.24, 2.45) is 0 Å². The summed E-state index contributed by atoms with van der Waals surface area (Å²) in [5.74, 6) is -0.231. The van der Waals surface area contributed by atoms with Crippen LogP contribution in [-0.2, 0) is 9.59 Å². The largest absolute Gasteiger partial charge is 0.385 e. The zero-order valence-corrected chi connectivity index (χ0v) is 6.04. The smallest absolute Gasteiger partial charge is 0.158 e. The van der Waals surface area contributed by atoms with E-state index in [9.17, 15) is 9.59 Å². The third-order valence-corrected chi connectivity index (χ3v) is 1.27. The van der Waals surface area contributed by atoms with Crippen LogP contribution < -0.4 is 0 Å². The topological polar surface area (TPSA) is 54.4 Å². The molecule has 1 N–H and O–H groups in total. The molecule has 0 aromatic heterocycles. The molecular weight excluding hydrogens is 132 g/mol. The minimum Gasteiger partial charge on any atom is -0.385 e. The van der Waals surface area contributed by atoms with Crippen LogP contribution in [-0.4, -0.2) is 23.3 Å². The highest BCUT2D eigenvalue weighted by Gasteiger charge is 2.07. The van der Waals surface area contributed by atoms with Gasteiger partial charge in [0.2, 0.25) is 0 Å². The predicted molar refractivity (Wildman–Crippen MR) is 36.6 cm³/mol. The van der Waals surface area contributed by atoms with Crippen molar-refractivity contribution in [3.63, 3.8) is 0 Å². The van der Waals surface area contributed by atoms with Crippen LogP contribution in [0.15, 0.2) is 0 Å². The van der Waals surface area contributed by atoms with E-state index in [2.05, 4.69) is 0 Å². The first-order valence-corrected chi connectivity index (χ1v) is 3.30. The van der Waals surface area contributed by atoms with Crippen molar-refractivity contribution in [1.29, 1.82) is 0 Å². The number of aliphatic hydroxyl groups excluding tert-OH is 1. The minimum absolute atomic E-state index is 0.231. The average Bonchev–Trinajstić information content (AvgIpc) is 1.88. The lowest BCUT2D eigenvalue weighted by atomic mass is 10.1. The van der Waals surface area contributed by atoms with Gasteiger partial charge in [-0.15, -0.1) is 0 Å². The zero-order chi connectivity index (χ0) is 7.98. The lowest BCUT2D eigenvalue weighted by Crippen LogP contribution is -2.16. The van der Waals surface area contributed by atoms with Crippen LogP contribution in [0.1, 0.15) is 26.2 Å². The van der Waals surface area contributed by atoms with Gasteiger partial charge in [-0.05, 0) is 19.8 Å². The molecule has 0 aromatic carbocycles. The molecule has 0 spiro atoms. The van der Waals surface area contributed by atoms with Crippen LogP contribution in [0.5, 0.6) is 0 Å². The van der Waals surface area contributed by atoms with Crippen LogP contribution in [0.2, 0.25) is 0 Å². The van der Waals surface area contributed by atoms with E-state index in [1.165, 1.54) is 6.92 Å². The Morgan fingerprint density at radius 2 is 2.30 bits per heavy atom. The summed E-state index contributed by atoms with van der Waals surface area (Å²) >= 11 is 0. The molecule has 3 nitrogen and oxygen atoms in total. The Bertz CT molecular complexity index is 120. The van der Waals surface area contributed by atoms with Gasteiger partial charge in [0, 0.05) is 6.42 Å². The van der Waals surface area contributed by atoms with E-state index in [1.807, 2.05) is 0 Å². The van der Waals surface area contributed by atoms with Crippen molar-refractivity contribution in [3.05, 3.63) is 0 Å². The monoisotopic (exact) mass is 144 g/mol. The number of Topliss-reactive ketones (excluding diaryl/α,β-unsaturated/α-hetero) is 1. The van der Waals surface area contributed by atoms with E-state index in [0.717, 1.165) is 6.29 Å². The summed E-state index contributed by atoms with van der Waals surface area (Å²) in [5.41, 5.74) is 0. The molecule has 0 fully saturated rings. The maximum absolute atomic E-state index is 10.4. The Morgan fingerprint density at radius 3 is 2.70 bits per heavy atom. The van der Waals surface area contributed by atoms with Gasteiger partial charge in [-0.3, -0.25) is 4.79 Å². The van der Waals surface area contributed by atoms with E-state index in [-0.39, 0.29) is 5.78 Å². The molecule has 1 atom stereocenters. The number of aliphatic hydroxyl groups is 1. The van der Waals surface area contributed by atoms with Gasteiger partial charge in [0.1, 0.15) is 12.4 Å². The maximum atomic E-state index is 10.4. The minimum atomic E-state index is -0.875.